The van der Waals surface area contributed by atoms with Gasteiger partial charge in [0.05, 0.1) is 24.1 Å². The van der Waals surface area contributed by atoms with Gasteiger partial charge in [-0.15, -0.1) is 0 Å². The second-order valence-corrected chi connectivity index (χ2v) is 8.17. The van der Waals surface area contributed by atoms with Gasteiger partial charge in [0.2, 0.25) is 0 Å². The number of piperidine rings is 1. The van der Waals surface area contributed by atoms with Crippen LogP contribution in [0.15, 0.2) is 24.7 Å². The van der Waals surface area contributed by atoms with Gasteiger partial charge in [-0.25, -0.2) is 8.78 Å². The number of aromatic amines is 2. The topological polar surface area (TPSA) is 107 Å². The molecule has 0 saturated carbocycles. The highest BCUT2D eigenvalue weighted by Gasteiger charge is 2.33. The Morgan fingerprint density at radius 3 is 2.75 bits per heavy atom. The third-order valence-corrected chi connectivity index (χ3v) is 6.21. The monoisotopic (exact) mass is 440 g/mol. The molecule has 1 aliphatic heterocycles. The lowest BCUT2D eigenvalue weighted by Crippen LogP contribution is -2.39. The number of nitrogens with zero attached hydrogens (tertiary/aromatic N) is 3. The molecule has 1 unspecified atom stereocenters. The molecule has 1 saturated heterocycles. The summed E-state index contributed by atoms with van der Waals surface area (Å²) in [7, 11) is 0. The van der Waals surface area contributed by atoms with Crippen LogP contribution >= 0.6 is 0 Å². The maximum atomic E-state index is 13.8. The van der Waals surface area contributed by atoms with Crippen molar-refractivity contribution in [1.29, 1.82) is 0 Å². The number of halogens is 2. The predicted molar refractivity (Wildman–Crippen MR) is 111 cm³/mol. The number of aromatic nitrogens is 4. The number of pyridine rings is 1. The van der Waals surface area contributed by atoms with Crippen molar-refractivity contribution in [3.63, 3.8) is 0 Å². The molecule has 0 radical (unpaired) electrons. The van der Waals surface area contributed by atoms with Gasteiger partial charge in [0.25, 0.3) is 11.8 Å². The summed E-state index contributed by atoms with van der Waals surface area (Å²) in [5, 5.41) is 9.35. The molecule has 4 heterocycles. The molecule has 3 N–H and O–H groups in total. The van der Waals surface area contributed by atoms with Crippen LogP contribution in [0.5, 0.6) is 0 Å². The Morgan fingerprint density at radius 2 is 1.94 bits per heavy atom. The number of amides is 2. The quantitative estimate of drug-likeness (QED) is 0.577. The fourth-order valence-electron chi connectivity index (χ4n) is 4.67. The molecular formula is C22H22F2N6O2. The van der Waals surface area contributed by atoms with Gasteiger partial charge in [-0.05, 0) is 49.7 Å². The van der Waals surface area contributed by atoms with E-state index in [2.05, 4.69) is 25.5 Å². The Hall–Kier alpha value is -3.56. The van der Waals surface area contributed by atoms with Crippen molar-refractivity contribution >= 4 is 17.6 Å². The Labute approximate surface area is 182 Å². The Balaban J connectivity index is 1.36. The summed E-state index contributed by atoms with van der Waals surface area (Å²) < 4.78 is 27.7. The van der Waals surface area contributed by atoms with Gasteiger partial charge in [0, 0.05) is 18.8 Å². The summed E-state index contributed by atoms with van der Waals surface area (Å²) in [4.78, 5) is 34.0. The first-order valence-corrected chi connectivity index (χ1v) is 10.7. The smallest absolute Gasteiger partial charge is 0.271 e. The van der Waals surface area contributed by atoms with Crippen LogP contribution in [0.25, 0.3) is 0 Å². The lowest BCUT2D eigenvalue weighted by atomic mass is 9.98. The van der Waals surface area contributed by atoms with Crippen LogP contribution in [0, 0.1) is 11.6 Å². The van der Waals surface area contributed by atoms with Crippen LogP contribution in [-0.4, -0.2) is 43.4 Å². The predicted octanol–water partition coefficient (Wildman–Crippen LogP) is 3.52. The molecular weight excluding hydrogens is 418 g/mol. The molecule has 2 aliphatic rings. The fourth-order valence-corrected chi connectivity index (χ4v) is 4.67. The molecule has 0 spiro atoms. The Morgan fingerprint density at radius 1 is 1.12 bits per heavy atom. The van der Waals surface area contributed by atoms with E-state index in [0.717, 1.165) is 56.5 Å². The van der Waals surface area contributed by atoms with Gasteiger partial charge in [0.15, 0.2) is 17.5 Å². The summed E-state index contributed by atoms with van der Waals surface area (Å²) in [6.07, 6.45) is 9.03. The summed E-state index contributed by atoms with van der Waals surface area (Å²) in [5.74, 6) is -2.99. The average molecular weight is 440 g/mol. The molecule has 10 heteroatoms. The number of aryl methyl sites for hydroxylation is 1. The van der Waals surface area contributed by atoms with Crippen molar-refractivity contribution in [2.24, 2.45) is 0 Å². The first-order chi connectivity index (χ1) is 15.5. The van der Waals surface area contributed by atoms with E-state index in [9.17, 15) is 18.4 Å². The third kappa shape index (κ3) is 3.55. The summed E-state index contributed by atoms with van der Waals surface area (Å²) >= 11 is 0. The zero-order valence-corrected chi connectivity index (χ0v) is 17.3. The van der Waals surface area contributed by atoms with Crippen LogP contribution < -0.4 is 5.32 Å². The van der Waals surface area contributed by atoms with Crippen LogP contribution in [-0.2, 0) is 12.8 Å². The number of fused-ring (bicyclic) bond motifs is 1. The van der Waals surface area contributed by atoms with Crippen LogP contribution in [0.4, 0.5) is 14.6 Å². The van der Waals surface area contributed by atoms with Gasteiger partial charge in [-0.1, -0.05) is 0 Å². The van der Waals surface area contributed by atoms with Gasteiger partial charge >= 0.3 is 0 Å². The zero-order valence-electron chi connectivity index (χ0n) is 17.3. The van der Waals surface area contributed by atoms with E-state index in [1.165, 1.54) is 5.56 Å². The third-order valence-electron chi connectivity index (χ3n) is 6.21. The van der Waals surface area contributed by atoms with Crippen molar-refractivity contribution in [2.45, 2.75) is 44.6 Å². The molecule has 3 aromatic rings. The molecule has 1 fully saturated rings. The highest BCUT2D eigenvalue weighted by molar-refractivity contribution is 6.04. The number of likely N-dealkylation sites (tertiary alicyclic amines) is 1. The lowest BCUT2D eigenvalue weighted by molar-refractivity contribution is 0.0599. The number of H-pyrrole nitrogens is 2. The fraction of sp³-hybridized carbons (Fsp3) is 0.364. The Kier molecular flexibility index (Phi) is 5.20. The molecule has 3 aromatic heterocycles. The minimum absolute atomic E-state index is 0.0426. The second-order valence-electron chi connectivity index (χ2n) is 8.17. The molecule has 0 aromatic carbocycles. The lowest BCUT2D eigenvalue weighted by Gasteiger charge is -2.35. The molecule has 8 nitrogen and oxygen atoms in total. The van der Waals surface area contributed by atoms with Gasteiger partial charge in [0.1, 0.15) is 11.3 Å². The Bertz CT molecular complexity index is 1170. The van der Waals surface area contributed by atoms with E-state index in [1.54, 1.807) is 6.07 Å². The van der Waals surface area contributed by atoms with Crippen molar-refractivity contribution in [3.8, 4) is 0 Å². The summed E-state index contributed by atoms with van der Waals surface area (Å²) in [5.41, 5.74) is 2.91. The normalized spacial score (nSPS) is 17.9. The first-order valence-electron chi connectivity index (χ1n) is 10.7. The van der Waals surface area contributed by atoms with Gasteiger partial charge < -0.3 is 15.2 Å². The zero-order chi connectivity index (χ0) is 22.2. The minimum Gasteiger partial charge on any atom is -0.357 e. The first kappa shape index (κ1) is 20.3. The summed E-state index contributed by atoms with van der Waals surface area (Å²) in [6, 6.07) is 1.37. The minimum atomic E-state index is -1.05. The highest BCUT2D eigenvalue weighted by atomic mass is 19.1. The molecule has 1 atom stereocenters. The van der Waals surface area contributed by atoms with E-state index in [0.29, 0.717) is 17.9 Å². The van der Waals surface area contributed by atoms with Crippen LogP contribution in [0.1, 0.15) is 69.4 Å². The van der Waals surface area contributed by atoms with Crippen molar-refractivity contribution < 1.29 is 18.4 Å². The molecule has 5 rings (SSSR count). The maximum absolute atomic E-state index is 13.8. The number of carbonyl (C=O) groups excluding carboxylic acids is 2. The second kappa shape index (κ2) is 8.18. The van der Waals surface area contributed by atoms with E-state index in [1.807, 2.05) is 11.1 Å². The standard InChI is InChI=1S/C22H22F2N6O2/c23-14-10-25-11-15(24)19(14)21(31)27-18-8-16(28-29-18)17-6-1-2-7-30(17)22(32)20-13-5-3-4-12(13)9-26-20/h8-11,17,26H,1-7H2,(H2,27,28,29,31). The van der Waals surface area contributed by atoms with E-state index in [4.69, 9.17) is 0 Å². The SMILES string of the molecule is O=C(Nc1cc(C2CCCCN2C(=O)c2[nH]cc3c2CCC3)[nH]n1)c1c(F)cncc1F. The molecule has 32 heavy (non-hydrogen) atoms. The van der Waals surface area contributed by atoms with Crippen LogP contribution in [0.2, 0.25) is 0 Å². The number of hydrogen-bond donors (Lipinski definition) is 3. The van der Waals surface area contributed by atoms with E-state index in [-0.39, 0.29) is 17.8 Å². The number of rotatable bonds is 4. The molecule has 2 amide bonds. The van der Waals surface area contributed by atoms with Gasteiger partial charge in [-0.2, -0.15) is 5.10 Å². The number of carbonyl (C=O) groups is 2. The number of anilines is 1. The largest absolute Gasteiger partial charge is 0.357 e. The molecule has 166 valence electrons. The van der Waals surface area contributed by atoms with E-state index >= 15 is 0 Å². The number of hydrogen-bond acceptors (Lipinski definition) is 4. The summed E-state index contributed by atoms with van der Waals surface area (Å²) in [6.45, 7) is 0.617. The van der Waals surface area contributed by atoms with Gasteiger partial charge in [-0.3, -0.25) is 19.7 Å². The maximum Gasteiger partial charge on any atom is 0.271 e. The van der Waals surface area contributed by atoms with Crippen molar-refractivity contribution in [1.82, 2.24) is 25.1 Å². The highest BCUT2D eigenvalue weighted by Crippen LogP contribution is 2.34. The molecule has 0 bridgehead atoms. The average Bonchev–Trinajstić information content (AvgIpc) is 3.50. The van der Waals surface area contributed by atoms with Crippen molar-refractivity contribution in [3.05, 3.63) is 64.4 Å². The van der Waals surface area contributed by atoms with Crippen molar-refractivity contribution in [2.75, 3.05) is 11.9 Å². The molecule has 1 aliphatic carbocycles. The van der Waals surface area contributed by atoms with Crippen LogP contribution in [0.3, 0.4) is 0 Å². The number of nitrogens with one attached hydrogen (secondary N) is 3. The van der Waals surface area contributed by atoms with E-state index < -0.39 is 23.1 Å².